The molecule has 0 N–H and O–H groups in total. The van der Waals surface area contributed by atoms with Crippen LogP contribution in [0.2, 0.25) is 0 Å². The summed E-state index contributed by atoms with van der Waals surface area (Å²) in [5.41, 5.74) is 0.677. The lowest BCUT2D eigenvalue weighted by Gasteiger charge is -2.07. The average molecular weight is 383 g/mol. The van der Waals surface area contributed by atoms with Gasteiger partial charge in [0.1, 0.15) is 17.6 Å². The van der Waals surface area contributed by atoms with Gasteiger partial charge in [0.25, 0.3) is 5.69 Å². The fourth-order valence-electron chi connectivity index (χ4n) is 3.22. The van der Waals surface area contributed by atoms with Gasteiger partial charge >= 0.3 is 5.97 Å². The maximum atomic E-state index is 12.7. The van der Waals surface area contributed by atoms with Crippen LogP contribution >= 0.6 is 0 Å². The minimum atomic E-state index is -0.596. The number of nitro groups is 1. The molecule has 1 fully saturated rings. The second-order valence-corrected chi connectivity index (χ2v) is 6.35. The third-order valence-corrected chi connectivity index (χ3v) is 4.61. The first-order valence-corrected chi connectivity index (χ1v) is 8.75. The summed E-state index contributed by atoms with van der Waals surface area (Å²) < 4.78 is 22.3. The molecule has 2 aromatic carbocycles. The van der Waals surface area contributed by atoms with Crippen LogP contribution in [0.25, 0.3) is 11.0 Å². The number of esters is 1. The van der Waals surface area contributed by atoms with Gasteiger partial charge < -0.3 is 18.6 Å². The van der Waals surface area contributed by atoms with E-state index in [1.807, 2.05) is 0 Å². The maximum Gasteiger partial charge on any atom is 0.344 e. The molecular weight excluding hydrogens is 366 g/mol. The van der Waals surface area contributed by atoms with Crippen molar-refractivity contribution in [3.05, 3.63) is 63.9 Å². The Balaban J connectivity index is 1.66. The number of methoxy groups -OCH3 is 1. The highest BCUT2D eigenvalue weighted by Crippen LogP contribution is 2.37. The van der Waals surface area contributed by atoms with Crippen LogP contribution < -0.4 is 9.47 Å². The number of rotatable bonds is 5. The molecular formula is C20H17NO7. The lowest BCUT2D eigenvalue weighted by atomic mass is 10.1. The van der Waals surface area contributed by atoms with E-state index in [-0.39, 0.29) is 17.5 Å². The molecule has 1 unspecified atom stereocenters. The minimum Gasteiger partial charge on any atom is -0.493 e. The Morgan fingerprint density at radius 2 is 2.00 bits per heavy atom. The van der Waals surface area contributed by atoms with E-state index in [0.29, 0.717) is 34.6 Å². The fourth-order valence-corrected chi connectivity index (χ4v) is 3.22. The van der Waals surface area contributed by atoms with Gasteiger partial charge in [-0.1, -0.05) is 0 Å². The van der Waals surface area contributed by atoms with E-state index in [4.69, 9.17) is 18.6 Å². The van der Waals surface area contributed by atoms with Crippen molar-refractivity contribution in [2.24, 2.45) is 0 Å². The van der Waals surface area contributed by atoms with E-state index in [1.165, 1.54) is 31.4 Å². The maximum absolute atomic E-state index is 12.7. The molecule has 0 aliphatic carbocycles. The summed E-state index contributed by atoms with van der Waals surface area (Å²) in [5, 5.41) is 11.3. The van der Waals surface area contributed by atoms with Crippen LogP contribution in [0.5, 0.6) is 11.5 Å². The highest BCUT2D eigenvalue weighted by atomic mass is 16.6. The SMILES string of the molecule is COc1ccc(C(=O)Oc2ccc([N+](=O)[O-])cc2)c2cc(C3CCCO3)oc12. The molecule has 144 valence electrons. The van der Waals surface area contributed by atoms with Gasteiger partial charge in [-0.15, -0.1) is 0 Å². The minimum absolute atomic E-state index is 0.0809. The van der Waals surface area contributed by atoms with Crippen molar-refractivity contribution in [3.8, 4) is 11.5 Å². The second-order valence-electron chi connectivity index (χ2n) is 6.35. The molecule has 0 saturated carbocycles. The van der Waals surface area contributed by atoms with E-state index in [0.717, 1.165) is 12.8 Å². The lowest BCUT2D eigenvalue weighted by molar-refractivity contribution is -0.384. The molecule has 1 aliphatic rings. The Hall–Kier alpha value is -3.39. The number of non-ortho nitro benzene ring substituents is 1. The number of nitrogens with zero attached hydrogens (tertiary/aromatic N) is 1. The van der Waals surface area contributed by atoms with Crippen molar-refractivity contribution in [2.45, 2.75) is 18.9 Å². The fraction of sp³-hybridized carbons (Fsp3) is 0.250. The molecule has 0 radical (unpaired) electrons. The quantitative estimate of drug-likeness (QED) is 0.278. The molecule has 28 heavy (non-hydrogen) atoms. The van der Waals surface area contributed by atoms with Gasteiger partial charge in [-0.05, 0) is 43.2 Å². The topological polar surface area (TPSA) is 101 Å². The summed E-state index contributed by atoms with van der Waals surface area (Å²) in [6.45, 7) is 0.674. The number of carbonyl (C=O) groups is 1. The molecule has 2 heterocycles. The molecule has 8 nitrogen and oxygen atoms in total. The third kappa shape index (κ3) is 3.29. The monoisotopic (exact) mass is 383 g/mol. The Morgan fingerprint density at radius 1 is 1.21 bits per heavy atom. The van der Waals surface area contributed by atoms with Gasteiger partial charge in [0.05, 0.1) is 17.6 Å². The number of carbonyl (C=O) groups excluding carboxylic acids is 1. The zero-order valence-corrected chi connectivity index (χ0v) is 15.0. The Kier molecular flexibility index (Phi) is 4.70. The van der Waals surface area contributed by atoms with E-state index < -0.39 is 10.9 Å². The van der Waals surface area contributed by atoms with Crippen molar-refractivity contribution in [3.63, 3.8) is 0 Å². The van der Waals surface area contributed by atoms with Crippen LogP contribution in [0.3, 0.4) is 0 Å². The normalized spacial score (nSPS) is 16.2. The van der Waals surface area contributed by atoms with Crippen molar-refractivity contribution in [1.82, 2.24) is 0 Å². The van der Waals surface area contributed by atoms with E-state index >= 15 is 0 Å². The number of hydrogen-bond donors (Lipinski definition) is 0. The molecule has 1 atom stereocenters. The first-order valence-electron chi connectivity index (χ1n) is 8.75. The molecule has 1 saturated heterocycles. The molecule has 0 bridgehead atoms. The number of hydrogen-bond acceptors (Lipinski definition) is 7. The number of ether oxygens (including phenoxy) is 3. The molecule has 0 amide bonds. The smallest absolute Gasteiger partial charge is 0.344 e. The first kappa shape index (κ1) is 18.0. The molecule has 1 aromatic heterocycles. The summed E-state index contributed by atoms with van der Waals surface area (Å²) in [6, 6.07) is 10.3. The van der Waals surface area contributed by atoms with Crippen LogP contribution in [0.1, 0.15) is 35.1 Å². The summed E-state index contributed by atoms with van der Waals surface area (Å²) in [4.78, 5) is 22.9. The number of benzene rings is 2. The predicted octanol–water partition coefficient (Wildman–Crippen LogP) is 4.42. The van der Waals surface area contributed by atoms with Gasteiger partial charge in [-0.2, -0.15) is 0 Å². The summed E-state index contributed by atoms with van der Waals surface area (Å²) in [6.07, 6.45) is 1.66. The number of fused-ring (bicyclic) bond motifs is 1. The highest BCUT2D eigenvalue weighted by molar-refractivity contribution is 6.05. The largest absolute Gasteiger partial charge is 0.493 e. The average Bonchev–Trinajstić information content (AvgIpc) is 3.37. The predicted molar refractivity (Wildman–Crippen MR) is 98.7 cm³/mol. The van der Waals surface area contributed by atoms with Crippen molar-refractivity contribution in [1.29, 1.82) is 0 Å². The Bertz CT molecular complexity index is 1030. The Labute approximate surface area is 159 Å². The lowest BCUT2D eigenvalue weighted by Crippen LogP contribution is -2.09. The van der Waals surface area contributed by atoms with E-state index in [9.17, 15) is 14.9 Å². The number of furan rings is 1. The van der Waals surface area contributed by atoms with Crippen LogP contribution in [0, 0.1) is 10.1 Å². The molecule has 8 heteroatoms. The Morgan fingerprint density at radius 3 is 2.64 bits per heavy atom. The summed E-state index contributed by atoms with van der Waals surface area (Å²) >= 11 is 0. The highest BCUT2D eigenvalue weighted by Gasteiger charge is 2.25. The van der Waals surface area contributed by atoms with Crippen molar-refractivity contribution in [2.75, 3.05) is 13.7 Å². The van der Waals surface area contributed by atoms with Gasteiger partial charge in [0, 0.05) is 24.1 Å². The molecule has 3 aromatic rings. The molecule has 1 aliphatic heterocycles. The first-order chi connectivity index (χ1) is 13.6. The van der Waals surface area contributed by atoms with Gasteiger partial charge in [0.2, 0.25) is 0 Å². The zero-order valence-electron chi connectivity index (χ0n) is 15.0. The van der Waals surface area contributed by atoms with E-state index in [1.54, 1.807) is 18.2 Å². The van der Waals surface area contributed by atoms with Gasteiger partial charge in [0.15, 0.2) is 11.3 Å². The van der Waals surface area contributed by atoms with Crippen LogP contribution in [-0.4, -0.2) is 24.6 Å². The van der Waals surface area contributed by atoms with Crippen LogP contribution in [-0.2, 0) is 4.74 Å². The van der Waals surface area contributed by atoms with Gasteiger partial charge in [-0.25, -0.2) is 4.79 Å². The van der Waals surface area contributed by atoms with Crippen molar-refractivity contribution >= 4 is 22.6 Å². The second kappa shape index (κ2) is 7.32. The van der Waals surface area contributed by atoms with E-state index in [2.05, 4.69) is 0 Å². The van der Waals surface area contributed by atoms with Crippen LogP contribution in [0.4, 0.5) is 5.69 Å². The summed E-state index contributed by atoms with van der Waals surface area (Å²) in [7, 11) is 1.53. The standard InChI is InChI=1S/C20H17NO7/c1-25-17-9-8-14(15-11-18(28-19(15)17)16-3-2-10-26-16)20(22)27-13-6-4-12(5-7-13)21(23)24/h4-9,11,16H,2-3,10H2,1H3. The molecule has 0 spiro atoms. The van der Waals surface area contributed by atoms with Gasteiger partial charge in [-0.3, -0.25) is 10.1 Å². The third-order valence-electron chi connectivity index (χ3n) is 4.61. The summed E-state index contributed by atoms with van der Waals surface area (Å²) in [5.74, 6) is 0.760. The zero-order chi connectivity index (χ0) is 19.7. The molecule has 4 rings (SSSR count). The number of nitro benzene ring substituents is 1. The van der Waals surface area contributed by atoms with Crippen LogP contribution in [0.15, 0.2) is 46.9 Å². The van der Waals surface area contributed by atoms with Crippen molar-refractivity contribution < 1.29 is 28.3 Å².